The molecule has 5 heteroatoms. The number of aliphatic hydroxyl groups excluding tert-OH is 1. The van der Waals surface area contributed by atoms with Crippen LogP contribution in [0.15, 0.2) is 0 Å². The van der Waals surface area contributed by atoms with Crippen LogP contribution in [0.5, 0.6) is 0 Å². The minimum Gasteiger partial charge on any atom is -0.395 e. The fourth-order valence-electron chi connectivity index (χ4n) is 4.38. The van der Waals surface area contributed by atoms with Crippen LogP contribution in [0.3, 0.4) is 0 Å². The second kappa shape index (κ2) is 9.89. The lowest BCUT2D eigenvalue weighted by molar-refractivity contribution is -0.122. The highest BCUT2D eigenvalue weighted by Crippen LogP contribution is 2.29. The molecule has 1 N–H and O–H groups in total. The number of carbonyl (C=O) groups excluding carboxylic acids is 1. The van der Waals surface area contributed by atoms with Gasteiger partial charge in [-0.1, -0.05) is 13.8 Å². The topological polar surface area (TPSA) is 47.0 Å². The van der Waals surface area contributed by atoms with Crippen molar-refractivity contribution in [2.75, 3.05) is 39.3 Å². The van der Waals surface area contributed by atoms with E-state index in [-0.39, 0.29) is 12.6 Å². The number of hydrogen-bond acceptors (Lipinski definition) is 4. The monoisotopic (exact) mass is 353 g/mol. The molecule has 1 aliphatic carbocycles. The summed E-state index contributed by atoms with van der Waals surface area (Å²) in [6, 6.07) is 1.54. The van der Waals surface area contributed by atoms with Crippen molar-refractivity contribution in [3.05, 3.63) is 0 Å². The smallest absolute Gasteiger partial charge is 0.209 e. The third kappa shape index (κ3) is 5.93. The van der Waals surface area contributed by atoms with Crippen LogP contribution >= 0.6 is 0 Å². The summed E-state index contributed by atoms with van der Waals surface area (Å²) in [5, 5.41) is 9.47. The maximum absolute atomic E-state index is 10.8. The van der Waals surface area contributed by atoms with Crippen molar-refractivity contribution in [3.8, 4) is 0 Å². The Hall–Kier alpha value is -0.650. The molecule has 146 valence electrons. The Bertz CT molecular complexity index is 390. The molecule has 2 aliphatic heterocycles. The van der Waals surface area contributed by atoms with E-state index in [1.165, 1.54) is 38.8 Å². The van der Waals surface area contributed by atoms with Gasteiger partial charge in [-0.2, -0.15) is 0 Å². The van der Waals surface area contributed by atoms with Crippen LogP contribution in [0.25, 0.3) is 0 Å². The lowest BCUT2D eigenvalue weighted by Crippen LogP contribution is -2.58. The zero-order chi connectivity index (χ0) is 18.4. The molecule has 1 atom stereocenters. The molecule has 0 aromatic carbocycles. The van der Waals surface area contributed by atoms with E-state index in [2.05, 4.69) is 37.5 Å². The van der Waals surface area contributed by atoms with Crippen LogP contribution in [0.4, 0.5) is 0 Å². The standard InChI is InChI=1S/C13H24N2O2.C7H15N/c1-11-2-4-12(5-3-11)15-7-6-14(10-17)8-13(15)9-16;1-6(2)8-4-7(3)5-8/h10-13,16H,2-9H2,1H3;6-7H,4-5H2,1-3H3. The van der Waals surface area contributed by atoms with Crippen molar-refractivity contribution >= 4 is 6.41 Å². The largest absolute Gasteiger partial charge is 0.395 e. The van der Waals surface area contributed by atoms with E-state index in [0.717, 1.165) is 37.4 Å². The molecule has 25 heavy (non-hydrogen) atoms. The summed E-state index contributed by atoms with van der Waals surface area (Å²) in [6.45, 7) is 14.4. The van der Waals surface area contributed by atoms with Crippen LogP contribution in [0.1, 0.15) is 53.4 Å². The highest BCUT2D eigenvalue weighted by molar-refractivity contribution is 5.47. The van der Waals surface area contributed by atoms with E-state index >= 15 is 0 Å². The van der Waals surface area contributed by atoms with Gasteiger partial charge in [0.2, 0.25) is 6.41 Å². The van der Waals surface area contributed by atoms with Crippen molar-refractivity contribution in [1.82, 2.24) is 14.7 Å². The number of amides is 1. The first-order valence-corrected chi connectivity index (χ1v) is 10.2. The second-order valence-corrected chi connectivity index (χ2v) is 8.74. The molecule has 3 aliphatic rings. The van der Waals surface area contributed by atoms with Gasteiger partial charge in [0.1, 0.15) is 0 Å². The Balaban J connectivity index is 0.000000236. The van der Waals surface area contributed by atoms with Gasteiger partial charge in [-0.3, -0.25) is 9.69 Å². The van der Waals surface area contributed by atoms with E-state index < -0.39 is 0 Å². The van der Waals surface area contributed by atoms with E-state index in [0.29, 0.717) is 12.6 Å². The van der Waals surface area contributed by atoms with Crippen LogP contribution in [0, 0.1) is 11.8 Å². The molecular formula is C20H39N3O2. The number of piperazine rings is 1. The molecule has 5 nitrogen and oxygen atoms in total. The number of likely N-dealkylation sites (tertiary alicyclic amines) is 1. The van der Waals surface area contributed by atoms with Crippen molar-refractivity contribution < 1.29 is 9.90 Å². The first-order chi connectivity index (χ1) is 11.9. The third-order valence-corrected chi connectivity index (χ3v) is 6.20. The van der Waals surface area contributed by atoms with Gasteiger partial charge in [0, 0.05) is 44.8 Å². The van der Waals surface area contributed by atoms with Crippen molar-refractivity contribution in [1.29, 1.82) is 0 Å². The SMILES string of the molecule is CC1CCC(N2CCN(C=O)CC2CO)CC1.CC1CN(C(C)C)C1. The zero-order valence-corrected chi connectivity index (χ0v) is 16.7. The zero-order valence-electron chi connectivity index (χ0n) is 16.7. The van der Waals surface area contributed by atoms with Gasteiger partial charge in [-0.25, -0.2) is 0 Å². The molecule has 0 radical (unpaired) electrons. The Morgan fingerprint density at radius 1 is 1.00 bits per heavy atom. The Morgan fingerprint density at radius 3 is 2.08 bits per heavy atom. The summed E-state index contributed by atoms with van der Waals surface area (Å²) in [7, 11) is 0. The molecule has 0 aromatic heterocycles. The molecule has 0 spiro atoms. The maximum Gasteiger partial charge on any atom is 0.209 e. The Morgan fingerprint density at radius 2 is 1.64 bits per heavy atom. The highest BCUT2D eigenvalue weighted by Gasteiger charge is 2.32. The number of aliphatic hydroxyl groups is 1. The predicted octanol–water partition coefficient (Wildman–Crippen LogP) is 2.05. The fourth-order valence-corrected chi connectivity index (χ4v) is 4.38. The highest BCUT2D eigenvalue weighted by atomic mass is 16.3. The van der Waals surface area contributed by atoms with Crippen LogP contribution in [-0.2, 0) is 4.79 Å². The summed E-state index contributed by atoms with van der Waals surface area (Å²) in [5.74, 6) is 1.81. The Kier molecular flexibility index (Phi) is 8.17. The molecule has 0 bridgehead atoms. The number of nitrogens with zero attached hydrogens (tertiary/aromatic N) is 3. The van der Waals surface area contributed by atoms with Crippen molar-refractivity contribution in [2.45, 2.75) is 71.5 Å². The first-order valence-electron chi connectivity index (χ1n) is 10.2. The first kappa shape index (κ1) is 20.7. The summed E-state index contributed by atoms with van der Waals surface area (Å²) < 4.78 is 0. The summed E-state index contributed by atoms with van der Waals surface area (Å²) in [5.41, 5.74) is 0. The lowest BCUT2D eigenvalue weighted by Gasteiger charge is -2.45. The third-order valence-electron chi connectivity index (χ3n) is 6.20. The molecule has 2 heterocycles. The Labute approximate surface area is 154 Å². The van der Waals surface area contributed by atoms with Gasteiger partial charge in [-0.05, 0) is 51.4 Å². The molecule has 1 unspecified atom stereocenters. The molecule has 1 saturated carbocycles. The number of rotatable bonds is 4. The number of carbonyl (C=O) groups is 1. The molecule has 0 aromatic rings. The van der Waals surface area contributed by atoms with E-state index in [1.807, 2.05) is 0 Å². The molecular weight excluding hydrogens is 314 g/mol. The minimum atomic E-state index is 0.146. The normalized spacial score (nSPS) is 32.1. The minimum absolute atomic E-state index is 0.146. The van der Waals surface area contributed by atoms with E-state index in [4.69, 9.17) is 0 Å². The average Bonchev–Trinajstić information content (AvgIpc) is 2.59. The summed E-state index contributed by atoms with van der Waals surface area (Å²) >= 11 is 0. The van der Waals surface area contributed by atoms with Gasteiger partial charge in [-0.15, -0.1) is 0 Å². The molecule has 3 rings (SSSR count). The lowest BCUT2D eigenvalue weighted by atomic mass is 9.85. The molecule has 2 saturated heterocycles. The predicted molar refractivity (Wildman–Crippen MR) is 103 cm³/mol. The van der Waals surface area contributed by atoms with Gasteiger partial charge >= 0.3 is 0 Å². The van der Waals surface area contributed by atoms with Gasteiger partial charge < -0.3 is 14.9 Å². The van der Waals surface area contributed by atoms with Crippen molar-refractivity contribution in [3.63, 3.8) is 0 Å². The quantitative estimate of drug-likeness (QED) is 0.786. The van der Waals surface area contributed by atoms with E-state index in [1.54, 1.807) is 4.90 Å². The maximum atomic E-state index is 10.8. The van der Waals surface area contributed by atoms with Gasteiger partial charge in [0.15, 0.2) is 0 Å². The van der Waals surface area contributed by atoms with Crippen molar-refractivity contribution in [2.24, 2.45) is 11.8 Å². The average molecular weight is 354 g/mol. The summed E-state index contributed by atoms with van der Waals surface area (Å²) in [4.78, 5) is 17.5. The summed E-state index contributed by atoms with van der Waals surface area (Å²) in [6.07, 6.45) is 6.01. The van der Waals surface area contributed by atoms with Crippen LogP contribution < -0.4 is 0 Å². The fraction of sp³-hybridized carbons (Fsp3) is 0.950. The number of hydrogen-bond donors (Lipinski definition) is 1. The molecule has 1 amide bonds. The van der Waals surface area contributed by atoms with Gasteiger partial charge in [0.05, 0.1) is 12.6 Å². The van der Waals surface area contributed by atoms with Crippen LogP contribution in [-0.4, -0.2) is 83.7 Å². The van der Waals surface area contributed by atoms with E-state index in [9.17, 15) is 9.90 Å². The van der Waals surface area contributed by atoms with Crippen LogP contribution in [0.2, 0.25) is 0 Å². The van der Waals surface area contributed by atoms with Gasteiger partial charge in [0.25, 0.3) is 0 Å². The molecule has 3 fully saturated rings. The second-order valence-electron chi connectivity index (χ2n) is 8.74.